The van der Waals surface area contributed by atoms with Crippen LogP contribution in [-0.4, -0.2) is 36.7 Å². The largest absolute Gasteiger partial charge is 0.298 e. The van der Waals surface area contributed by atoms with Crippen molar-refractivity contribution in [1.82, 2.24) is 9.29 Å². The van der Waals surface area contributed by atoms with E-state index in [9.17, 15) is 13.2 Å². The zero-order valence-corrected chi connectivity index (χ0v) is 19.9. The van der Waals surface area contributed by atoms with Crippen molar-refractivity contribution in [1.29, 1.82) is 0 Å². The Hall–Kier alpha value is -2.78. The maximum atomic E-state index is 12.9. The first-order valence-corrected chi connectivity index (χ1v) is 13.2. The quantitative estimate of drug-likeness (QED) is 0.386. The summed E-state index contributed by atoms with van der Waals surface area (Å²) in [6.45, 7) is 0.978. The van der Waals surface area contributed by atoms with Gasteiger partial charge in [0.2, 0.25) is 10.0 Å². The first-order valence-electron chi connectivity index (χ1n) is 10.5. The Labute approximate surface area is 200 Å². The second-order valence-corrected chi connectivity index (χ2v) is 11.0. The second-order valence-electron chi connectivity index (χ2n) is 7.81. The predicted octanol–water partition coefficient (Wildman–Crippen LogP) is 5.65. The number of nitrogens with zero attached hydrogens (tertiary/aromatic N) is 2. The van der Waals surface area contributed by atoms with Gasteiger partial charge in [-0.1, -0.05) is 48.0 Å². The van der Waals surface area contributed by atoms with Crippen molar-refractivity contribution in [2.45, 2.75) is 17.7 Å². The smallest absolute Gasteiger partial charge is 0.259 e. The molecule has 0 bridgehead atoms. The molecule has 0 saturated carbocycles. The van der Waals surface area contributed by atoms with Crippen LogP contribution in [0.15, 0.2) is 70.9 Å². The maximum absolute atomic E-state index is 12.9. The molecular formula is C24H20ClN3O3S2. The summed E-state index contributed by atoms with van der Waals surface area (Å²) in [6.07, 6.45) is 1.67. The third-order valence-electron chi connectivity index (χ3n) is 5.66. The van der Waals surface area contributed by atoms with Gasteiger partial charge < -0.3 is 0 Å². The molecule has 0 radical (unpaired) electrons. The summed E-state index contributed by atoms with van der Waals surface area (Å²) in [5.74, 6) is -0.502. The SMILES string of the molecule is O=C(Nc1nc(-c2ccc3ccccc3c2)cs1)c1cc(S(=O)(=O)N2CCCC2)ccc1Cl. The lowest BCUT2D eigenvalue weighted by Crippen LogP contribution is -2.28. The molecule has 5 rings (SSSR count). The number of carbonyl (C=O) groups excluding carboxylic acids is 1. The lowest BCUT2D eigenvalue weighted by atomic mass is 10.1. The molecule has 4 aromatic rings. The summed E-state index contributed by atoms with van der Waals surface area (Å²) in [5, 5.41) is 7.46. The number of halogens is 1. The van der Waals surface area contributed by atoms with E-state index < -0.39 is 15.9 Å². The molecule has 1 aliphatic rings. The number of hydrogen-bond acceptors (Lipinski definition) is 5. The van der Waals surface area contributed by atoms with Crippen LogP contribution in [0.4, 0.5) is 5.13 Å². The first kappa shape index (κ1) is 22.0. The van der Waals surface area contributed by atoms with Crippen LogP contribution in [0, 0.1) is 0 Å². The molecule has 6 nitrogen and oxygen atoms in total. The average Bonchev–Trinajstić information content (AvgIpc) is 3.52. The third-order valence-corrected chi connectivity index (χ3v) is 8.64. The summed E-state index contributed by atoms with van der Waals surface area (Å²) in [5.41, 5.74) is 1.79. The number of carbonyl (C=O) groups is 1. The number of benzene rings is 3. The maximum Gasteiger partial charge on any atom is 0.259 e. The van der Waals surface area contributed by atoms with Crippen LogP contribution >= 0.6 is 22.9 Å². The molecule has 0 aliphatic carbocycles. The lowest BCUT2D eigenvalue weighted by Gasteiger charge is -2.16. The zero-order chi connectivity index (χ0) is 23.0. The Bertz CT molecular complexity index is 1460. The standard InChI is InChI=1S/C24H20ClN3O3S2/c25-21-10-9-19(33(30,31)28-11-3-4-12-28)14-20(21)23(29)27-24-26-22(15-32-24)18-8-7-16-5-1-2-6-17(16)13-18/h1-2,5-10,13-15H,3-4,11-12H2,(H,26,27,29). The van der Waals surface area contributed by atoms with Crippen LogP contribution in [0.3, 0.4) is 0 Å². The zero-order valence-electron chi connectivity index (χ0n) is 17.5. The Morgan fingerprint density at radius 2 is 1.76 bits per heavy atom. The number of sulfonamides is 1. The summed E-state index contributed by atoms with van der Waals surface area (Å²) in [4.78, 5) is 17.5. The number of thiazole rings is 1. The van der Waals surface area contributed by atoms with Gasteiger partial charge in [0.1, 0.15) is 0 Å². The Morgan fingerprint density at radius 1 is 1.00 bits per heavy atom. The number of nitrogens with one attached hydrogen (secondary N) is 1. The monoisotopic (exact) mass is 497 g/mol. The van der Waals surface area contributed by atoms with E-state index in [2.05, 4.69) is 16.4 Å². The van der Waals surface area contributed by atoms with Crippen molar-refractivity contribution in [2.75, 3.05) is 18.4 Å². The summed E-state index contributed by atoms with van der Waals surface area (Å²) in [6, 6.07) is 18.4. The molecule has 1 aliphatic heterocycles. The molecule has 168 valence electrons. The van der Waals surface area contributed by atoms with E-state index in [1.165, 1.54) is 33.8 Å². The number of fused-ring (bicyclic) bond motifs is 1. The van der Waals surface area contributed by atoms with Gasteiger partial charge >= 0.3 is 0 Å². The van der Waals surface area contributed by atoms with E-state index in [1.807, 2.05) is 41.8 Å². The minimum absolute atomic E-state index is 0.0648. The van der Waals surface area contributed by atoms with Crippen LogP contribution < -0.4 is 5.32 Å². The fourth-order valence-corrected chi connectivity index (χ4v) is 6.36. The lowest BCUT2D eigenvalue weighted by molar-refractivity contribution is 0.102. The third kappa shape index (κ3) is 4.39. The van der Waals surface area contributed by atoms with E-state index in [0.717, 1.165) is 34.9 Å². The van der Waals surface area contributed by atoms with Gasteiger partial charge in [0.15, 0.2) is 5.13 Å². The van der Waals surface area contributed by atoms with Crippen LogP contribution in [0.2, 0.25) is 5.02 Å². The van der Waals surface area contributed by atoms with Crippen LogP contribution in [0.5, 0.6) is 0 Å². The summed E-state index contributed by atoms with van der Waals surface area (Å²) in [7, 11) is -3.65. The van der Waals surface area contributed by atoms with Gasteiger partial charge in [0.25, 0.3) is 5.91 Å². The number of amides is 1. The number of rotatable bonds is 5. The summed E-state index contributed by atoms with van der Waals surface area (Å²) < 4.78 is 27.2. The second kappa shape index (κ2) is 8.87. The minimum atomic E-state index is -3.65. The van der Waals surface area contributed by atoms with E-state index >= 15 is 0 Å². The number of anilines is 1. The highest BCUT2D eigenvalue weighted by atomic mass is 35.5. The molecule has 1 aromatic heterocycles. The van der Waals surface area contributed by atoms with Crippen molar-refractivity contribution < 1.29 is 13.2 Å². The fourth-order valence-electron chi connectivity index (χ4n) is 3.89. The molecule has 3 aromatic carbocycles. The van der Waals surface area contributed by atoms with Crippen molar-refractivity contribution in [2.24, 2.45) is 0 Å². The Kier molecular flexibility index (Phi) is 5.92. The minimum Gasteiger partial charge on any atom is -0.298 e. The number of hydrogen-bond donors (Lipinski definition) is 1. The highest BCUT2D eigenvalue weighted by Gasteiger charge is 2.28. The van der Waals surface area contributed by atoms with E-state index in [0.29, 0.717) is 18.2 Å². The van der Waals surface area contributed by atoms with Crippen LogP contribution in [0.25, 0.3) is 22.0 Å². The van der Waals surface area contributed by atoms with Gasteiger partial charge in [-0.05, 0) is 47.9 Å². The Morgan fingerprint density at radius 3 is 2.55 bits per heavy atom. The van der Waals surface area contributed by atoms with E-state index in [4.69, 9.17) is 11.6 Å². The fraction of sp³-hybridized carbons (Fsp3) is 0.167. The van der Waals surface area contributed by atoms with E-state index in [1.54, 1.807) is 0 Å². The summed E-state index contributed by atoms with van der Waals surface area (Å²) >= 11 is 7.53. The molecule has 33 heavy (non-hydrogen) atoms. The molecular weight excluding hydrogens is 478 g/mol. The molecule has 1 saturated heterocycles. The van der Waals surface area contributed by atoms with E-state index in [-0.39, 0.29) is 15.5 Å². The molecule has 0 atom stereocenters. The van der Waals surface area contributed by atoms with Gasteiger partial charge in [-0.2, -0.15) is 4.31 Å². The van der Waals surface area contributed by atoms with Gasteiger partial charge in [0, 0.05) is 24.0 Å². The van der Waals surface area contributed by atoms with Crippen molar-refractivity contribution in [3.63, 3.8) is 0 Å². The molecule has 0 spiro atoms. The molecule has 1 amide bonds. The van der Waals surface area contributed by atoms with Crippen molar-refractivity contribution in [3.8, 4) is 11.3 Å². The van der Waals surface area contributed by atoms with Gasteiger partial charge in [-0.15, -0.1) is 11.3 Å². The highest BCUT2D eigenvalue weighted by molar-refractivity contribution is 7.89. The highest BCUT2D eigenvalue weighted by Crippen LogP contribution is 2.29. The topological polar surface area (TPSA) is 79.4 Å². The average molecular weight is 498 g/mol. The molecule has 2 heterocycles. The van der Waals surface area contributed by atoms with Crippen LogP contribution in [0.1, 0.15) is 23.2 Å². The molecule has 1 fully saturated rings. The van der Waals surface area contributed by atoms with Gasteiger partial charge in [-0.25, -0.2) is 13.4 Å². The normalized spacial score (nSPS) is 14.6. The van der Waals surface area contributed by atoms with Crippen LogP contribution in [-0.2, 0) is 10.0 Å². The van der Waals surface area contributed by atoms with Crippen molar-refractivity contribution >= 4 is 54.8 Å². The number of aromatic nitrogens is 1. The van der Waals surface area contributed by atoms with Crippen molar-refractivity contribution in [3.05, 3.63) is 76.6 Å². The van der Waals surface area contributed by atoms with Gasteiger partial charge in [-0.3, -0.25) is 10.1 Å². The van der Waals surface area contributed by atoms with Gasteiger partial charge in [0.05, 0.1) is 21.2 Å². The first-order chi connectivity index (χ1) is 15.9. The molecule has 1 N–H and O–H groups in total. The Balaban J connectivity index is 1.38. The molecule has 9 heteroatoms. The predicted molar refractivity (Wildman–Crippen MR) is 132 cm³/mol. The molecule has 0 unspecified atom stereocenters.